The average molecular weight is 217 g/mol. The summed E-state index contributed by atoms with van der Waals surface area (Å²) in [6.45, 7) is 0.664. The van der Waals surface area contributed by atoms with Crippen LogP contribution in [0.1, 0.15) is 0 Å². The Morgan fingerprint density at radius 1 is 1.31 bits per heavy atom. The first-order valence-electron chi connectivity index (χ1n) is 5.19. The Balaban J connectivity index is 2.58. The van der Waals surface area contributed by atoms with Gasteiger partial charge in [-0.05, 0) is 12.1 Å². The highest BCUT2D eigenvalue weighted by molar-refractivity contribution is 5.99. The SMILES string of the molecule is CN(CCO)c1nccc2c(N)cccc12. The highest BCUT2D eigenvalue weighted by Gasteiger charge is 2.07. The lowest BCUT2D eigenvalue weighted by molar-refractivity contribution is 0.304. The summed E-state index contributed by atoms with van der Waals surface area (Å²) >= 11 is 0. The number of anilines is 2. The van der Waals surface area contributed by atoms with E-state index in [1.165, 1.54) is 0 Å². The molecule has 4 nitrogen and oxygen atoms in total. The van der Waals surface area contributed by atoms with E-state index < -0.39 is 0 Å². The minimum absolute atomic E-state index is 0.108. The van der Waals surface area contributed by atoms with Crippen LogP contribution in [0, 0.1) is 0 Å². The quantitative estimate of drug-likeness (QED) is 0.759. The molecule has 0 saturated carbocycles. The number of hydrogen-bond acceptors (Lipinski definition) is 4. The predicted octanol–water partition coefficient (Wildman–Crippen LogP) is 1.25. The van der Waals surface area contributed by atoms with Gasteiger partial charge in [-0.3, -0.25) is 0 Å². The molecular formula is C12H15N3O. The van der Waals surface area contributed by atoms with Crippen LogP contribution in [0.4, 0.5) is 11.5 Å². The number of pyridine rings is 1. The normalized spacial score (nSPS) is 10.6. The van der Waals surface area contributed by atoms with Crippen LogP contribution in [0.25, 0.3) is 10.8 Å². The van der Waals surface area contributed by atoms with Gasteiger partial charge in [-0.2, -0.15) is 0 Å². The van der Waals surface area contributed by atoms with Crippen molar-refractivity contribution in [3.8, 4) is 0 Å². The van der Waals surface area contributed by atoms with Crippen LogP contribution in [0.15, 0.2) is 30.5 Å². The number of benzene rings is 1. The number of hydrogen-bond donors (Lipinski definition) is 2. The minimum Gasteiger partial charge on any atom is -0.398 e. The molecule has 4 heteroatoms. The Hall–Kier alpha value is -1.81. The van der Waals surface area contributed by atoms with Gasteiger partial charge in [0.05, 0.1) is 6.61 Å². The first kappa shape index (κ1) is 10.7. The van der Waals surface area contributed by atoms with E-state index in [0.717, 1.165) is 22.3 Å². The highest BCUT2D eigenvalue weighted by Crippen LogP contribution is 2.27. The van der Waals surface area contributed by atoms with E-state index in [0.29, 0.717) is 6.54 Å². The van der Waals surface area contributed by atoms with E-state index >= 15 is 0 Å². The van der Waals surface area contributed by atoms with Crippen molar-refractivity contribution < 1.29 is 5.11 Å². The molecule has 16 heavy (non-hydrogen) atoms. The molecule has 1 aromatic heterocycles. The van der Waals surface area contributed by atoms with Crippen LogP contribution in [0.2, 0.25) is 0 Å². The second kappa shape index (κ2) is 4.37. The van der Waals surface area contributed by atoms with Crippen LogP contribution in [0.3, 0.4) is 0 Å². The summed E-state index contributed by atoms with van der Waals surface area (Å²) in [7, 11) is 1.90. The molecule has 2 aromatic rings. The fourth-order valence-corrected chi connectivity index (χ4v) is 1.78. The van der Waals surface area contributed by atoms with E-state index in [4.69, 9.17) is 10.8 Å². The number of nitrogens with two attached hydrogens (primary N) is 1. The largest absolute Gasteiger partial charge is 0.398 e. The second-order valence-corrected chi connectivity index (χ2v) is 3.72. The van der Waals surface area contributed by atoms with Crippen molar-refractivity contribution >= 4 is 22.3 Å². The number of fused-ring (bicyclic) bond motifs is 1. The van der Waals surface area contributed by atoms with Crippen LogP contribution in [-0.2, 0) is 0 Å². The molecule has 0 aliphatic carbocycles. The summed E-state index contributed by atoms with van der Waals surface area (Å²) < 4.78 is 0. The van der Waals surface area contributed by atoms with Gasteiger partial charge in [0, 0.05) is 36.2 Å². The van der Waals surface area contributed by atoms with Crippen molar-refractivity contribution in [2.45, 2.75) is 0 Å². The number of aliphatic hydroxyl groups is 1. The molecule has 2 rings (SSSR count). The lowest BCUT2D eigenvalue weighted by Gasteiger charge is -2.18. The summed E-state index contributed by atoms with van der Waals surface area (Å²) in [5, 5.41) is 10.9. The molecule has 0 bridgehead atoms. The molecule has 0 aliphatic rings. The van der Waals surface area contributed by atoms with Crippen LogP contribution in [0.5, 0.6) is 0 Å². The summed E-state index contributed by atoms with van der Waals surface area (Å²) in [4.78, 5) is 6.24. The Bertz CT molecular complexity index is 499. The van der Waals surface area contributed by atoms with Crippen molar-refractivity contribution in [1.82, 2.24) is 4.98 Å². The maximum Gasteiger partial charge on any atom is 0.136 e. The lowest BCUT2D eigenvalue weighted by atomic mass is 10.1. The maximum atomic E-state index is 8.93. The van der Waals surface area contributed by atoms with Gasteiger partial charge >= 0.3 is 0 Å². The molecular weight excluding hydrogens is 202 g/mol. The van der Waals surface area contributed by atoms with Crippen molar-refractivity contribution in [1.29, 1.82) is 0 Å². The van der Waals surface area contributed by atoms with Gasteiger partial charge in [0.15, 0.2) is 0 Å². The van der Waals surface area contributed by atoms with Crippen molar-refractivity contribution in [2.75, 3.05) is 30.8 Å². The number of aliphatic hydroxyl groups excluding tert-OH is 1. The third-order valence-corrected chi connectivity index (χ3v) is 2.62. The predicted molar refractivity (Wildman–Crippen MR) is 66.5 cm³/mol. The lowest BCUT2D eigenvalue weighted by Crippen LogP contribution is -2.22. The zero-order chi connectivity index (χ0) is 11.5. The topological polar surface area (TPSA) is 62.4 Å². The highest BCUT2D eigenvalue weighted by atomic mass is 16.3. The van der Waals surface area contributed by atoms with Gasteiger partial charge in [0.2, 0.25) is 0 Å². The van der Waals surface area contributed by atoms with Crippen LogP contribution < -0.4 is 10.6 Å². The van der Waals surface area contributed by atoms with E-state index in [2.05, 4.69) is 4.98 Å². The number of rotatable bonds is 3. The molecule has 1 heterocycles. The minimum atomic E-state index is 0.108. The first-order valence-corrected chi connectivity index (χ1v) is 5.19. The molecule has 3 N–H and O–H groups in total. The fraction of sp³-hybridized carbons (Fsp3) is 0.250. The molecule has 84 valence electrons. The number of likely N-dealkylation sites (N-methyl/N-ethyl adjacent to an activating group) is 1. The van der Waals surface area contributed by atoms with Gasteiger partial charge in [0.1, 0.15) is 5.82 Å². The monoisotopic (exact) mass is 217 g/mol. The average Bonchev–Trinajstić information content (AvgIpc) is 2.29. The van der Waals surface area contributed by atoms with Gasteiger partial charge in [-0.1, -0.05) is 12.1 Å². The first-order chi connectivity index (χ1) is 7.74. The molecule has 1 aromatic carbocycles. The smallest absolute Gasteiger partial charge is 0.136 e. The Morgan fingerprint density at radius 3 is 2.88 bits per heavy atom. The van der Waals surface area contributed by atoms with Gasteiger partial charge in [-0.25, -0.2) is 4.98 Å². The zero-order valence-electron chi connectivity index (χ0n) is 9.22. The summed E-state index contributed by atoms with van der Waals surface area (Å²) in [6, 6.07) is 7.68. The van der Waals surface area contributed by atoms with Crippen LogP contribution in [-0.4, -0.2) is 30.3 Å². The third kappa shape index (κ3) is 1.79. The zero-order valence-corrected chi connectivity index (χ0v) is 9.22. The number of aromatic nitrogens is 1. The molecule has 0 amide bonds. The Morgan fingerprint density at radius 2 is 2.12 bits per heavy atom. The van der Waals surface area contributed by atoms with Gasteiger partial charge in [0.25, 0.3) is 0 Å². The maximum absolute atomic E-state index is 8.93. The third-order valence-electron chi connectivity index (χ3n) is 2.62. The summed E-state index contributed by atoms with van der Waals surface area (Å²) in [5.74, 6) is 0.846. The molecule has 0 saturated heterocycles. The van der Waals surface area contributed by atoms with Gasteiger partial charge < -0.3 is 15.7 Å². The summed E-state index contributed by atoms with van der Waals surface area (Å²) in [6.07, 6.45) is 1.74. The van der Waals surface area contributed by atoms with Crippen LogP contribution >= 0.6 is 0 Å². The van der Waals surface area contributed by atoms with Gasteiger partial charge in [-0.15, -0.1) is 0 Å². The Labute approximate surface area is 94.3 Å². The Kier molecular flexibility index (Phi) is 2.92. The van der Waals surface area contributed by atoms with Crippen molar-refractivity contribution in [3.63, 3.8) is 0 Å². The summed E-state index contributed by atoms with van der Waals surface area (Å²) in [5.41, 5.74) is 6.65. The molecule has 0 fully saturated rings. The molecule has 0 atom stereocenters. The van der Waals surface area contributed by atoms with E-state index in [9.17, 15) is 0 Å². The standard InChI is InChI=1S/C12H15N3O/c1-15(7-8-16)12-10-3-2-4-11(13)9(10)5-6-14-12/h2-6,16H,7-8,13H2,1H3. The number of nitrogens with zero attached hydrogens (tertiary/aromatic N) is 2. The van der Waals surface area contributed by atoms with E-state index in [1.54, 1.807) is 6.20 Å². The van der Waals surface area contributed by atoms with E-state index in [-0.39, 0.29) is 6.61 Å². The molecule has 0 aliphatic heterocycles. The fourth-order valence-electron chi connectivity index (χ4n) is 1.78. The molecule has 0 spiro atoms. The second-order valence-electron chi connectivity index (χ2n) is 3.72. The van der Waals surface area contributed by atoms with Crippen molar-refractivity contribution in [2.24, 2.45) is 0 Å². The van der Waals surface area contributed by atoms with Crippen molar-refractivity contribution in [3.05, 3.63) is 30.5 Å². The van der Waals surface area contributed by atoms with E-state index in [1.807, 2.05) is 36.2 Å². The molecule has 0 radical (unpaired) electrons. The molecule has 0 unspecified atom stereocenters. The number of nitrogen functional groups attached to an aromatic ring is 1.